The van der Waals surface area contributed by atoms with Crippen LogP contribution in [0.15, 0.2) is 42.5 Å². The van der Waals surface area contributed by atoms with Gasteiger partial charge in [-0.3, -0.25) is 0 Å². The molecule has 0 aliphatic heterocycles. The zero-order chi connectivity index (χ0) is 15.7. The van der Waals surface area contributed by atoms with Crippen molar-refractivity contribution in [2.24, 2.45) is 5.41 Å². The van der Waals surface area contributed by atoms with E-state index in [1.807, 2.05) is 0 Å². The summed E-state index contributed by atoms with van der Waals surface area (Å²) in [5.41, 5.74) is 10.6. The normalized spacial score (nSPS) is 17.8. The topological polar surface area (TPSA) is 0 Å². The molecule has 0 spiro atoms. The molecule has 0 unspecified atom stereocenters. The molecule has 0 amide bonds. The van der Waals surface area contributed by atoms with Crippen LogP contribution in [-0.2, 0) is 11.8 Å². The fourth-order valence-corrected chi connectivity index (χ4v) is 4.08. The Morgan fingerprint density at radius 3 is 2.32 bits per heavy atom. The third-order valence-corrected chi connectivity index (χ3v) is 5.23. The Labute approximate surface area is 133 Å². The maximum atomic E-state index is 2.48. The molecule has 0 atom stereocenters. The van der Waals surface area contributed by atoms with Crippen LogP contribution in [0.5, 0.6) is 0 Å². The molecular formula is C22H24. The molecule has 0 fully saturated rings. The van der Waals surface area contributed by atoms with Crippen LogP contribution in [0.25, 0.3) is 16.7 Å². The van der Waals surface area contributed by atoms with E-state index in [1.165, 1.54) is 39.0 Å². The smallest absolute Gasteiger partial charge is 0.00877 e. The molecule has 0 N–H and O–H groups in total. The van der Waals surface area contributed by atoms with Crippen LogP contribution in [0.2, 0.25) is 0 Å². The van der Waals surface area contributed by atoms with Crippen molar-refractivity contribution in [2.75, 3.05) is 0 Å². The van der Waals surface area contributed by atoms with E-state index in [2.05, 4.69) is 77.1 Å². The number of benzene rings is 2. The van der Waals surface area contributed by atoms with Gasteiger partial charge in [0.1, 0.15) is 0 Å². The van der Waals surface area contributed by atoms with Gasteiger partial charge in [-0.15, -0.1) is 0 Å². The summed E-state index contributed by atoms with van der Waals surface area (Å²) in [4.78, 5) is 0. The Bertz CT molecular complexity index is 810. The lowest BCUT2D eigenvalue weighted by molar-refractivity contribution is 0.565. The maximum Gasteiger partial charge on any atom is 0.00877 e. The van der Waals surface area contributed by atoms with Crippen LogP contribution in [-0.4, -0.2) is 0 Å². The van der Waals surface area contributed by atoms with Gasteiger partial charge in [-0.25, -0.2) is 0 Å². The van der Waals surface area contributed by atoms with Crippen molar-refractivity contribution in [1.29, 1.82) is 0 Å². The van der Waals surface area contributed by atoms with Crippen LogP contribution in [0.4, 0.5) is 0 Å². The molecule has 0 nitrogen and oxygen atoms in total. The molecule has 0 bridgehead atoms. The largest absolute Gasteiger partial charge is 0.0701 e. The van der Waals surface area contributed by atoms with E-state index in [0.29, 0.717) is 0 Å². The highest BCUT2D eigenvalue weighted by molar-refractivity contribution is 5.86. The molecule has 0 radical (unpaired) electrons. The second kappa shape index (κ2) is 4.13. The molecular weight excluding hydrogens is 264 g/mol. The third kappa shape index (κ3) is 1.83. The number of hydrogen-bond acceptors (Lipinski definition) is 0. The molecule has 2 aliphatic rings. The SMILES string of the molecule is CC(C)(C)C1=CC(C)(C)c2cc3c(cc21)Cc1ccccc1-3. The highest BCUT2D eigenvalue weighted by Crippen LogP contribution is 2.50. The predicted octanol–water partition coefficient (Wildman–Crippen LogP) is 5.98. The Kier molecular flexibility index (Phi) is 2.59. The van der Waals surface area contributed by atoms with Crippen LogP contribution >= 0.6 is 0 Å². The standard InChI is InChI=1S/C22H24/c1-21(2,3)20-13-22(4,5)19-12-17-15(11-18(19)20)10-14-8-6-7-9-16(14)17/h6-9,11-13H,10H2,1-5H3. The molecule has 0 aromatic heterocycles. The van der Waals surface area contributed by atoms with Gasteiger partial charge in [-0.05, 0) is 56.9 Å². The van der Waals surface area contributed by atoms with E-state index in [4.69, 9.17) is 0 Å². The maximum absolute atomic E-state index is 2.48. The minimum atomic E-state index is 0.129. The van der Waals surface area contributed by atoms with E-state index < -0.39 is 0 Å². The lowest BCUT2D eigenvalue weighted by Crippen LogP contribution is -2.10. The summed E-state index contributed by atoms with van der Waals surface area (Å²) in [6, 6.07) is 13.8. The first-order chi connectivity index (χ1) is 10.3. The number of allylic oxidation sites excluding steroid dienone is 2. The molecule has 2 aromatic carbocycles. The van der Waals surface area contributed by atoms with Crippen molar-refractivity contribution in [3.05, 3.63) is 64.7 Å². The molecule has 0 heterocycles. The number of rotatable bonds is 0. The lowest BCUT2D eigenvalue weighted by Gasteiger charge is -2.22. The van der Waals surface area contributed by atoms with Gasteiger partial charge in [0.2, 0.25) is 0 Å². The molecule has 2 aromatic rings. The van der Waals surface area contributed by atoms with Crippen molar-refractivity contribution in [1.82, 2.24) is 0 Å². The predicted molar refractivity (Wildman–Crippen MR) is 95.1 cm³/mol. The van der Waals surface area contributed by atoms with Gasteiger partial charge in [0.05, 0.1) is 0 Å². The molecule has 112 valence electrons. The molecule has 0 saturated carbocycles. The first-order valence-corrected chi connectivity index (χ1v) is 8.27. The van der Waals surface area contributed by atoms with Crippen LogP contribution in [0, 0.1) is 5.41 Å². The highest BCUT2D eigenvalue weighted by atomic mass is 14.4. The summed E-state index contributed by atoms with van der Waals surface area (Å²) in [5, 5.41) is 0. The zero-order valence-electron chi connectivity index (χ0n) is 14.2. The van der Waals surface area contributed by atoms with E-state index in [0.717, 1.165) is 6.42 Å². The number of hydrogen-bond donors (Lipinski definition) is 0. The first-order valence-electron chi connectivity index (χ1n) is 8.27. The first kappa shape index (κ1) is 13.8. The quantitative estimate of drug-likeness (QED) is 0.477. The monoisotopic (exact) mass is 288 g/mol. The van der Waals surface area contributed by atoms with Gasteiger partial charge in [0, 0.05) is 5.41 Å². The van der Waals surface area contributed by atoms with Crippen molar-refractivity contribution >= 4 is 5.57 Å². The van der Waals surface area contributed by atoms with E-state index >= 15 is 0 Å². The average molecular weight is 288 g/mol. The van der Waals surface area contributed by atoms with Crippen molar-refractivity contribution in [3.8, 4) is 11.1 Å². The van der Waals surface area contributed by atoms with Gasteiger partial charge in [-0.2, -0.15) is 0 Å². The molecule has 2 aliphatic carbocycles. The van der Waals surface area contributed by atoms with Gasteiger partial charge in [0.25, 0.3) is 0 Å². The molecule has 4 rings (SSSR count). The minimum absolute atomic E-state index is 0.129. The fourth-order valence-electron chi connectivity index (χ4n) is 4.08. The van der Waals surface area contributed by atoms with Crippen molar-refractivity contribution < 1.29 is 0 Å². The second-order valence-corrected chi connectivity index (χ2v) is 8.42. The summed E-state index contributed by atoms with van der Waals surface area (Å²) in [6.07, 6.45) is 3.56. The number of fused-ring (bicyclic) bond motifs is 4. The van der Waals surface area contributed by atoms with E-state index in [1.54, 1.807) is 0 Å². The average Bonchev–Trinajstić information content (AvgIpc) is 2.92. The Morgan fingerprint density at radius 2 is 1.59 bits per heavy atom. The second-order valence-electron chi connectivity index (χ2n) is 8.42. The summed E-state index contributed by atoms with van der Waals surface area (Å²) in [6.45, 7) is 11.7. The van der Waals surface area contributed by atoms with Crippen LogP contribution in [0.1, 0.15) is 56.9 Å². The van der Waals surface area contributed by atoms with Gasteiger partial charge < -0.3 is 0 Å². The van der Waals surface area contributed by atoms with Crippen LogP contribution in [0.3, 0.4) is 0 Å². The Morgan fingerprint density at radius 1 is 0.864 bits per heavy atom. The highest BCUT2D eigenvalue weighted by Gasteiger charge is 2.36. The third-order valence-electron chi connectivity index (χ3n) is 5.23. The molecule has 0 saturated heterocycles. The van der Waals surface area contributed by atoms with Gasteiger partial charge in [0.15, 0.2) is 0 Å². The van der Waals surface area contributed by atoms with Gasteiger partial charge in [-0.1, -0.05) is 71.0 Å². The van der Waals surface area contributed by atoms with E-state index in [9.17, 15) is 0 Å². The summed E-state index contributed by atoms with van der Waals surface area (Å²) < 4.78 is 0. The fraction of sp³-hybridized carbons (Fsp3) is 0.364. The molecule has 22 heavy (non-hydrogen) atoms. The Balaban J connectivity index is 1.96. The van der Waals surface area contributed by atoms with E-state index in [-0.39, 0.29) is 10.8 Å². The minimum Gasteiger partial charge on any atom is -0.0701 e. The lowest BCUT2D eigenvalue weighted by atomic mass is 9.82. The van der Waals surface area contributed by atoms with Crippen molar-refractivity contribution in [2.45, 2.75) is 46.5 Å². The van der Waals surface area contributed by atoms with Crippen LogP contribution < -0.4 is 0 Å². The summed E-state index contributed by atoms with van der Waals surface area (Å²) in [5.74, 6) is 0. The van der Waals surface area contributed by atoms with Crippen molar-refractivity contribution in [3.63, 3.8) is 0 Å². The summed E-state index contributed by atoms with van der Waals surface area (Å²) >= 11 is 0. The zero-order valence-corrected chi connectivity index (χ0v) is 14.2. The van der Waals surface area contributed by atoms with Gasteiger partial charge >= 0.3 is 0 Å². The molecule has 0 heteroatoms. The Hall–Kier alpha value is -1.82. The summed E-state index contributed by atoms with van der Waals surface area (Å²) in [7, 11) is 0.